The second-order valence-corrected chi connectivity index (χ2v) is 4.19. The molecule has 0 saturated heterocycles. The molecule has 0 fully saturated rings. The number of hydrogen-bond donors (Lipinski definition) is 2. The van der Waals surface area contributed by atoms with Crippen molar-refractivity contribution >= 4 is 12.0 Å². The van der Waals surface area contributed by atoms with E-state index in [9.17, 15) is 9.90 Å². The van der Waals surface area contributed by atoms with Gasteiger partial charge < -0.3 is 24.6 Å². The highest BCUT2D eigenvalue weighted by Crippen LogP contribution is 2.37. The quantitative estimate of drug-likeness (QED) is 0.444. The van der Waals surface area contributed by atoms with Crippen molar-refractivity contribution in [2.24, 2.45) is 0 Å². The Bertz CT molecular complexity index is 579. The number of benzene rings is 1. The van der Waals surface area contributed by atoms with Crippen molar-refractivity contribution in [1.29, 1.82) is 5.26 Å². The molecule has 0 heterocycles. The third kappa shape index (κ3) is 4.40. The predicted octanol–water partition coefficient (Wildman–Crippen LogP) is 1.08. The van der Waals surface area contributed by atoms with E-state index in [-0.39, 0.29) is 22.8 Å². The van der Waals surface area contributed by atoms with Crippen molar-refractivity contribution in [3.63, 3.8) is 0 Å². The fourth-order valence-corrected chi connectivity index (χ4v) is 1.67. The van der Waals surface area contributed by atoms with Gasteiger partial charge in [-0.15, -0.1) is 0 Å². The number of rotatable bonds is 7. The molecule has 7 nitrogen and oxygen atoms in total. The van der Waals surface area contributed by atoms with E-state index < -0.39 is 5.91 Å². The molecule has 7 heteroatoms. The van der Waals surface area contributed by atoms with Gasteiger partial charge in [0, 0.05) is 13.7 Å². The highest BCUT2D eigenvalue weighted by atomic mass is 16.5. The highest BCUT2D eigenvalue weighted by molar-refractivity contribution is 6.01. The molecule has 0 unspecified atom stereocenters. The van der Waals surface area contributed by atoms with Gasteiger partial charge in [-0.25, -0.2) is 0 Å². The van der Waals surface area contributed by atoms with Crippen LogP contribution in [0.3, 0.4) is 0 Å². The molecule has 0 radical (unpaired) electrons. The van der Waals surface area contributed by atoms with Gasteiger partial charge in [-0.3, -0.25) is 4.79 Å². The lowest BCUT2D eigenvalue weighted by Crippen LogP contribution is -2.27. The second kappa shape index (κ2) is 8.54. The number of nitriles is 1. The Balaban J connectivity index is 3.07. The fourth-order valence-electron chi connectivity index (χ4n) is 1.67. The van der Waals surface area contributed by atoms with Crippen molar-refractivity contribution < 1.29 is 24.1 Å². The normalized spacial score (nSPS) is 10.7. The zero-order valence-electron chi connectivity index (χ0n) is 12.7. The summed E-state index contributed by atoms with van der Waals surface area (Å²) in [5.74, 6) is -0.291. The lowest BCUT2D eigenvalue weighted by molar-refractivity contribution is -0.117. The van der Waals surface area contributed by atoms with E-state index in [1.165, 1.54) is 39.5 Å². The van der Waals surface area contributed by atoms with Crippen LogP contribution in [0.4, 0.5) is 0 Å². The van der Waals surface area contributed by atoms with E-state index in [2.05, 4.69) is 5.32 Å². The summed E-state index contributed by atoms with van der Waals surface area (Å²) in [5, 5.41) is 21.5. The highest BCUT2D eigenvalue weighted by Gasteiger charge is 2.13. The monoisotopic (exact) mass is 306 g/mol. The summed E-state index contributed by atoms with van der Waals surface area (Å²) in [4.78, 5) is 11.9. The van der Waals surface area contributed by atoms with Crippen LogP contribution < -0.4 is 14.8 Å². The van der Waals surface area contributed by atoms with E-state index in [0.29, 0.717) is 18.7 Å². The van der Waals surface area contributed by atoms with E-state index in [1.807, 2.05) is 6.07 Å². The largest absolute Gasteiger partial charge is 0.502 e. The Morgan fingerprint density at radius 1 is 1.32 bits per heavy atom. The lowest BCUT2D eigenvalue weighted by atomic mass is 10.1. The molecule has 0 spiro atoms. The minimum absolute atomic E-state index is 0.0779. The molecule has 118 valence electrons. The molecule has 1 aromatic rings. The Morgan fingerprint density at radius 3 is 2.36 bits per heavy atom. The maximum absolute atomic E-state index is 11.9. The fraction of sp³-hybridized carbons (Fsp3) is 0.333. The first-order valence-electron chi connectivity index (χ1n) is 6.41. The average Bonchev–Trinajstić information content (AvgIpc) is 2.53. The first-order chi connectivity index (χ1) is 10.6. The van der Waals surface area contributed by atoms with Gasteiger partial charge in [0.25, 0.3) is 5.91 Å². The van der Waals surface area contributed by atoms with Crippen molar-refractivity contribution in [3.8, 4) is 23.3 Å². The minimum Gasteiger partial charge on any atom is -0.502 e. The maximum Gasteiger partial charge on any atom is 0.262 e. The van der Waals surface area contributed by atoms with Gasteiger partial charge in [0.1, 0.15) is 11.6 Å². The predicted molar refractivity (Wildman–Crippen MR) is 79.7 cm³/mol. The van der Waals surface area contributed by atoms with Crippen LogP contribution in [0.5, 0.6) is 17.2 Å². The molecule has 0 aliphatic heterocycles. The number of nitrogens with zero attached hydrogens (tertiary/aromatic N) is 1. The Morgan fingerprint density at radius 2 is 1.91 bits per heavy atom. The first-order valence-corrected chi connectivity index (χ1v) is 6.41. The lowest BCUT2D eigenvalue weighted by Gasteiger charge is -2.10. The summed E-state index contributed by atoms with van der Waals surface area (Å²) >= 11 is 0. The molecule has 0 aliphatic rings. The number of aromatic hydroxyl groups is 1. The van der Waals surface area contributed by atoms with Gasteiger partial charge in [-0.1, -0.05) is 0 Å². The van der Waals surface area contributed by atoms with Gasteiger partial charge in [-0.2, -0.15) is 5.26 Å². The zero-order chi connectivity index (χ0) is 16.5. The molecular formula is C15H18N2O5. The van der Waals surface area contributed by atoms with Crippen LogP contribution in [-0.4, -0.2) is 45.5 Å². The summed E-state index contributed by atoms with van der Waals surface area (Å²) in [6, 6.07) is 4.83. The van der Waals surface area contributed by atoms with Gasteiger partial charge >= 0.3 is 0 Å². The summed E-state index contributed by atoms with van der Waals surface area (Å²) in [7, 11) is 4.30. The number of ether oxygens (including phenoxy) is 3. The molecule has 1 aromatic carbocycles. The Labute approximate surface area is 128 Å². The number of amides is 1. The van der Waals surface area contributed by atoms with Gasteiger partial charge in [0.2, 0.25) is 5.75 Å². The maximum atomic E-state index is 11.9. The molecule has 1 rings (SSSR count). The second-order valence-electron chi connectivity index (χ2n) is 4.19. The summed E-state index contributed by atoms with van der Waals surface area (Å²) in [6.07, 6.45) is 1.38. The number of carbonyl (C=O) groups excluding carboxylic acids is 1. The van der Waals surface area contributed by atoms with Crippen LogP contribution in [0.25, 0.3) is 6.08 Å². The van der Waals surface area contributed by atoms with Crippen LogP contribution in [0, 0.1) is 11.3 Å². The van der Waals surface area contributed by atoms with Crippen LogP contribution in [0.2, 0.25) is 0 Å². The van der Waals surface area contributed by atoms with Gasteiger partial charge in [0.05, 0.1) is 20.8 Å². The van der Waals surface area contributed by atoms with Crippen LogP contribution in [0.1, 0.15) is 5.56 Å². The zero-order valence-corrected chi connectivity index (χ0v) is 12.7. The molecule has 0 bridgehead atoms. The molecule has 0 atom stereocenters. The topological polar surface area (TPSA) is 101 Å². The van der Waals surface area contributed by atoms with Crippen LogP contribution in [0.15, 0.2) is 17.7 Å². The van der Waals surface area contributed by atoms with Crippen molar-refractivity contribution in [3.05, 3.63) is 23.3 Å². The van der Waals surface area contributed by atoms with Crippen LogP contribution in [-0.2, 0) is 9.53 Å². The number of methoxy groups -OCH3 is 3. The first kappa shape index (κ1) is 17.3. The molecule has 1 amide bonds. The van der Waals surface area contributed by atoms with E-state index >= 15 is 0 Å². The average molecular weight is 306 g/mol. The number of hydrogen-bond acceptors (Lipinski definition) is 6. The van der Waals surface area contributed by atoms with E-state index in [4.69, 9.17) is 19.5 Å². The third-order valence-corrected chi connectivity index (χ3v) is 2.77. The number of carbonyl (C=O) groups is 1. The SMILES string of the molecule is COCCNC(=O)/C(C#N)=C/c1cc(OC)c(O)c(OC)c1. The minimum atomic E-state index is -0.509. The van der Waals surface area contributed by atoms with Gasteiger partial charge in [0.15, 0.2) is 11.5 Å². The Kier molecular flexibility index (Phi) is 6.73. The van der Waals surface area contributed by atoms with Crippen molar-refractivity contribution in [1.82, 2.24) is 5.32 Å². The molecule has 0 aromatic heterocycles. The molecular weight excluding hydrogens is 288 g/mol. The number of phenols is 1. The van der Waals surface area contributed by atoms with E-state index in [0.717, 1.165) is 0 Å². The number of phenolic OH excluding ortho intramolecular Hbond substituents is 1. The summed E-state index contributed by atoms with van der Waals surface area (Å²) < 4.78 is 14.9. The summed E-state index contributed by atoms with van der Waals surface area (Å²) in [6.45, 7) is 0.655. The molecule has 0 saturated carbocycles. The van der Waals surface area contributed by atoms with Crippen molar-refractivity contribution in [2.75, 3.05) is 34.5 Å². The van der Waals surface area contributed by atoms with Gasteiger partial charge in [-0.05, 0) is 23.8 Å². The Hall–Kier alpha value is -2.72. The molecule has 0 aliphatic carbocycles. The smallest absolute Gasteiger partial charge is 0.262 e. The molecule has 2 N–H and O–H groups in total. The third-order valence-electron chi connectivity index (χ3n) is 2.77. The van der Waals surface area contributed by atoms with Crippen LogP contribution >= 0.6 is 0 Å². The standard InChI is InChI=1S/C15H18N2O5/c1-20-5-4-17-15(19)11(9-16)6-10-7-12(21-2)14(18)13(8-10)22-3/h6-8,18H,4-5H2,1-3H3,(H,17,19)/b11-6+. The summed E-state index contributed by atoms with van der Waals surface area (Å²) in [5.41, 5.74) is 0.413. The van der Waals surface area contributed by atoms with E-state index in [1.54, 1.807) is 0 Å². The van der Waals surface area contributed by atoms with Crippen molar-refractivity contribution in [2.45, 2.75) is 0 Å². The molecule has 22 heavy (non-hydrogen) atoms. The number of nitrogens with one attached hydrogen (secondary N) is 1.